The molecule has 0 unspecified atom stereocenters. The van der Waals surface area contributed by atoms with E-state index in [-0.39, 0.29) is 5.15 Å². The molecule has 0 saturated carbocycles. The second kappa shape index (κ2) is 6.30. The van der Waals surface area contributed by atoms with Crippen LogP contribution in [-0.2, 0) is 4.74 Å². The third-order valence-corrected chi connectivity index (χ3v) is 3.71. The van der Waals surface area contributed by atoms with Crippen molar-refractivity contribution < 1.29 is 9.53 Å². The number of rotatable bonds is 4. The van der Waals surface area contributed by atoms with Crippen LogP contribution in [0.25, 0.3) is 0 Å². The Morgan fingerprint density at radius 1 is 1.42 bits per heavy atom. The van der Waals surface area contributed by atoms with Crippen LogP contribution >= 0.6 is 11.6 Å². The predicted octanol–water partition coefficient (Wildman–Crippen LogP) is 2.11. The number of aldehydes is 1. The molecule has 0 amide bonds. The largest absolute Gasteiger partial charge is 0.384 e. The zero-order valence-electron chi connectivity index (χ0n) is 11.2. The maximum Gasteiger partial charge on any atom is 0.156 e. The minimum Gasteiger partial charge on any atom is -0.384 e. The molecule has 0 bridgehead atoms. The van der Waals surface area contributed by atoms with Gasteiger partial charge in [0.25, 0.3) is 0 Å². The standard InChI is InChI=1S/C13H18ClN3O2/c1-9-15-12(14)11(7-18)13(16-9)17-5-3-10(4-6-17)8-19-2/h7,10H,3-6,8H2,1-2H3. The van der Waals surface area contributed by atoms with Gasteiger partial charge in [-0.2, -0.15) is 0 Å². The van der Waals surface area contributed by atoms with Gasteiger partial charge < -0.3 is 9.64 Å². The normalized spacial score (nSPS) is 16.7. The minimum atomic E-state index is 0.233. The Labute approximate surface area is 117 Å². The van der Waals surface area contributed by atoms with Gasteiger partial charge in [-0.1, -0.05) is 11.6 Å². The van der Waals surface area contributed by atoms with Crippen molar-refractivity contribution in [2.75, 3.05) is 31.7 Å². The number of hydrogen-bond acceptors (Lipinski definition) is 5. The number of ether oxygens (including phenoxy) is 1. The number of halogens is 1. The van der Waals surface area contributed by atoms with Crippen LogP contribution < -0.4 is 4.90 Å². The highest BCUT2D eigenvalue weighted by Gasteiger charge is 2.23. The topological polar surface area (TPSA) is 55.3 Å². The molecule has 104 valence electrons. The third-order valence-electron chi connectivity index (χ3n) is 3.43. The Bertz CT molecular complexity index is 459. The van der Waals surface area contributed by atoms with Crippen LogP contribution in [0.5, 0.6) is 0 Å². The average molecular weight is 284 g/mol. The Morgan fingerprint density at radius 3 is 2.68 bits per heavy atom. The first-order chi connectivity index (χ1) is 9.15. The van der Waals surface area contributed by atoms with Gasteiger partial charge in [-0.25, -0.2) is 9.97 Å². The van der Waals surface area contributed by atoms with Crippen molar-refractivity contribution in [2.45, 2.75) is 19.8 Å². The molecule has 0 N–H and O–H groups in total. The number of carbonyl (C=O) groups is 1. The van der Waals surface area contributed by atoms with Crippen molar-refractivity contribution >= 4 is 23.7 Å². The van der Waals surface area contributed by atoms with Gasteiger partial charge in [0.2, 0.25) is 0 Å². The first-order valence-corrected chi connectivity index (χ1v) is 6.76. The summed E-state index contributed by atoms with van der Waals surface area (Å²) in [7, 11) is 1.73. The van der Waals surface area contributed by atoms with Gasteiger partial charge >= 0.3 is 0 Å². The van der Waals surface area contributed by atoms with Crippen molar-refractivity contribution in [1.82, 2.24) is 9.97 Å². The maximum atomic E-state index is 11.2. The van der Waals surface area contributed by atoms with Crippen molar-refractivity contribution in [1.29, 1.82) is 0 Å². The summed E-state index contributed by atoms with van der Waals surface area (Å²) in [4.78, 5) is 21.7. The van der Waals surface area contributed by atoms with Crippen LogP contribution in [0.2, 0.25) is 5.15 Å². The van der Waals surface area contributed by atoms with Crippen molar-refractivity contribution in [3.05, 3.63) is 16.5 Å². The molecule has 1 aromatic rings. The van der Waals surface area contributed by atoms with Gasteiger partial charge in [-0.3, -0.25) is 4.79 Å². The number of carbonyl (C=O) groups excluding carboxylic acids is 1. The zero-order chi connectivity index (χ0) is 13.8. The molecular weight excluding hydrogens is 266 g/mol. The molecule has 0 atom stereocenters. The monoisotopic (exact) mass is 283 g/mol. The molecule has 1 saturated heterocycles. The summed E-state index contributed by atoms with van der Waals surface area (Å²) in [6.07, 6.45) is 2.80. The summed E-state index contributed by atoms with van der Waals surface area (Å²) in [6.45, 7) is 4.29. The lowest BCUT2D eigenvalue weighted by molar-refractivity contribution is 0.112. The van der Waals surface area contributed by atoms with Crippen LogP contribution in [0, 0.1) is 12.8 Å². The number of piperidine rings is 1. The van der Waals surface area contributed by atoms with E-state index in [0.29, 0.717) is 23.1 Å². The number of methoxy groups -OCH3 is 1. The van der Waals surface area contributed by atoms with Gasteiger partial charge in [0.05, 0.1) is 5.56 Å². The molecule has 0 aromatic carbocycles. The summed E-state index contributed by atoms with van der Waals surface area (Å²) in [5, 5.41) is 0.233. The first kappa shape index (κ1) is 14.2. The number of anilines is 1. The SMILES string of the molecule is COCC1CCN(c2nc(C)nc(Cl)c2C=O)CC1. The highest BCUT2D eigenvalue weighted by Crippen LogP contribution is 2.27. The number of nitrogens with zero attached hydrogens (tertiary/aromatic N) is 3. The predicted molar refractivity (Wildman–Crippen MR) is 74.0 cm³/mol. The fraction of sp³-hybridized carbons (Fsp3) is 0.615. The molecule has 5 nitrogen and oxygen atoms in total. The molecule has 19 heavy (non-hydrogen) atoms. The fourth-order valence-electron chi connectivity index (χ4n) is 2.42. The lowest BCUT2D eigenvalue weighted by atomic mass is 9.97. The van der Waals surface area contributed by atoms with E-state index in [1.54, 1.807) is 14.0 Å². The van der Waals surface area contributed by atoms with Gasteiger partial charge in [-0.05, 0) is 25.7 Å². The molecule has 0 aliphatic carbocycles. The molecular formula is C13H18ClN3O2. The molecule has 2 heterocycles. The Hall–Kier alpha value is -1.20. The van der Waals surface area contributed by atoms with Crippen LogP contribution in [0.3, 0.4) is 0 Å². The Morgan fingerprint density at radius 2 is 2.11 bits per heavy atom. The third kappa shape index (κ3) is 3.22. The minimum absolute atomic E-state index is 0.233. The highest BCUT2D eigenvalue weighted by atomic mass is 35.5. The van der Waals surface area contributed by atoms with E-state index in [0.717, 1.165) is 38.8 Å². The zero-order valence-corrected chi connectivity index (χ0v) is 12.0. The number of hydrogen-bond donors (Lipinski definition) is 0. The maximum absolute atomic E-state index is 11.2. The van der Waals surface area contributed by atoms with Gasteiger partial charge in [0.1, 0.15) is 16.8 Å². The highest BCUT2D eigenvalue weighted by molar-refractivity contribution is 6.32. The molecule has 1 aliphatic heterocycles. The molecule has 0 spiro atoms. The summed E-state index contributed by atoms with van der Waals surface area (Å²) in [6, 6.07) is 0. The van der Waals surface area contributed by atoms with Gasteiger partial charge in [0, 0.05) is 26.8 Å². The summed E-state index contributed by atoms with van der Waals surface area (Å²) in [5.41, 5.74) is 0.387. The van der Waals surface area contributed by atoms with E-state index in [1.807, 2.05) is 0 Å². The lowest BCUT2D eigenvalue weighted by Gasteiger charge is -2.33. The van der Waals surface area contributed by atoms with E-state index in [9.17, 15) is 4.79 Å². The Balaban J connectivity index is 2.17. The van der Waals surface area contributed by atoms with Crippen molar-refractivity contribution in [2.24, 2.45) is 5.92 Å². The Kier molecular flexibility index (Phi) is 4.71. The van der Waals surface area contributed by atoms with Crippen molar-refractivity contribution in [3.8, 4) is 0 Å². The lowest BCUT2D eigenvalue weighted by Crippen LogP contribution is -2.36. The second-order valence-electron chi connectivity index (χ2n) is 4.80. The fourth-order valence-corrected chi connectivity index (χ4v) is 2.67. The summed E-state index contributed by atoms with van der Waals surface area (Å²) >= 11 is 6.00. The van der Waals surface area contributed by atoms with Crippen LogP contribution in [-0.4, -0.2) is 43.1 Å². The summed E-state index contributed by atoms with van der Waals surface area (Å²) in [5.74, 6) is 1.83. The van der Waals surface area contributed by atoms with E-state index >= 15 is 0 Å². The van der Waals surface area contributed by atoms with E-state index < -0.39 is 0 Å². The van der Waals surface area contributed by atoms with E-state index in [4.69, 9.17) is 16.3 Å². The van der Waals surface area contributed by atoms with Crippen LogP contribution in [0.4, 0.5) is 5.82 Å². The molecule has 2 rings (SSSR count). The second-order valence-corrected chi connectivity index (χ2v) is 5.16. The van der Waals surface area contributed by atoms with Crippen molar-refractivity contribution in [3.63, 3.8) is 0 Å². The summed E-state index contributed by atoms with van der Waals surface area (Å²) < 4.78 is 5.18. The van der Waals surface area contributed by atoms with Crippen LogP contribution in [0.15, 0.2) is 0 Å². The smallest absolute Gasteiger partial charge is 0.156 e. The average Bonchev–Trinajstić information content (AvgIpc) is 2.39. The molecule has 1 fully saturated rings. The van der Waals surface area contributed by atoms with Gasteiger partial charge in [-0.15, -0.1) is 0 Å². The first-order valence-electron chi connectivity index (χ1n) is 6.39. The van der Waals surface area contributed by atoms with Gasteiger partial charge in [0.15, 0.2) is 6.29 Å². The van der Waals surface area contributed by atoms with E-state index in [2.05, 4.69) is 14.9 Å². The number of aryl methyl sites for hydroxylation is 1. The molecule has 1 aliphatic rings. The molecule has 6 heteroatoms. The molecule has 0 radical (unpaired) electrons. The van der Waals surface area contributed by atoms with E-state index in [1.165, 1.54) is 0 Å². The number of aromatic nitrogens is 2. The van der Waals surface area contributed by atoms with Crippen LogP contribution in [0.1, 0.15) is 29.0 Å². The molecule has 1 aromatic heterocycles. The quantitative estimate of drug-likeness (QED) is 0.626.